The van der Waals surface area contributed by atoms with Crippen LogP contribution in [0.25, 0.3) is 0 Å². The molecule has 0 aromatic rings. The van der Waals surface area contributed by atoms with E-state index in [2.05, 4.69) is 0 Å². The highest BCUT2D eigenvalue weighted by Crippen LogP contribution is 2.10. The molecule has 0 bridgehead atoms. The summed E-state index contributed by atoms with van der Waals surface area (Å²) in [6.45, 7) is 2.72. The van der Waals surface area contributed by atoms with Gasteiger partial charge in [0.15, 0.2) is 0 Å². The minimum atomic E-state index is -0.110. The summed E-state index contributed by atoms with van der Waals surface area (Å²) in [5.41, 5.74) is 5.43. The predicted octanol–water partition coefficient (Wildman–Crippen LogP) is 3.23. The summed E-state index contributed by atoms with van der Waals surface area (Å²) in [4.78, 5) is 0. The third kappa shape index (κ3) is 13.9. The second-order valence-corrected chi connectivity index (χ2v) is 4.61. The number of hydrogen-bond acceptors (Lipinski definition) is 2. The molecule has 0 aliphatic carbocycles. The number of aliphatic hydroxyl groups is 1. The van der Waals surface area contributed by atoms with E-state index in [1.807, 2.05) is 6.92 Å². The van der Waals surface area contributed by atoms with Gasteiger partial charge in [0.05, 0.1) is 6.10 Å². The number of aliphatic hydroxyl groups excluding tert-OH is 1. The SMILES string of the molecule is CC(O)CCCCCCCCCCCN. The standard InChI is InChI=1S/C13H29NO/c1-13(15)11-9-7-5-3-2-4-6-8-10-12-14/h13,15H,2-12,14H2,1H3. The summed E-state index contributed by atoms with van der Waals surface area (Å²) < 4.78 is 0. The van der Waals surface area contributed by atoms with Gasteiger partial charge in [-0.1, -0.05) is 51.4 Å². The quantitative estimate of drug-likeness (QED) is 0.520. The van der Waals surface area contributed by atoms with Gasteiger partial charge in [-0.3, -0.25) is 0 Å². The molecule has 0 saturated heterocycles. The van der Waals surface area contributed by atoms with Gasteiger partial charge in [0.1, 0.15) is 0 Å². The van der Waals surface area contributed by atoms with E-state index in [0.717, 1.165) is 13.0 Å². The lowest BCUT2D eigenvalue weighted by molar-refractivity contribution is 0.180. The molecule has 0 aromatic carbocycles. The molecule has 0 aromatic heterocycles. The van der Waals surface area contributed by atoms with Crippen molar-refractivity contribution in [3.8, 4) is 0 Å². The molecule has 2 heteroatoms. The molecule has 0 fully saturated rings. The molecule has 0 aliphatic heterocycles. The fourth-order valence-electron chi connectivity index (χ4n) is 1.82. The highest BCUT2D eigenvalue weighted by atomic mass is 16.3. The Hall–Kier alpha value is -0.0800. The van der Waals surface area contributed by atoms with Gasteiger partial charge in [-0.05, 0) is 26.3 Å². The van der Waals surface area contributed by atoms with Crippen molar-refractivity contribution in [3.63, 3.8) is 0 Å². The van der Waals surface area contributed by atoms with Gasteiger partial charge in [0, 0.05) is 0 Å². The van der Waals surface area contributed by atoms with E-state index in [9.17, 15) is 0 Å². The zero-order valence-electron chi connectivity index (χ0n) is 10.4. The number of nitrogens with two attached hydrogens (primary N) is 1. The van der Waals surface area contributed by atoms with Crippen LogP contribution < -0.4 is 5.73 Å². The van der Waals surface area contributed by atoms with Crippen molar-refractivity contribution in [1.82, 2.24) is 0 Å². The number of unbranched alkanes of at least 4 members (excludes halogenated alkanes) is 8. The van der Waals surface area contributed by atoms with E-state index in [0.29, 0.717) is 0 Å². The maximum Gasteiger partial charge on any atom is 0.0512 e. The van der Waals surface area contributed by atoms with Crippen LogP contribution in [0.3, 0.4) is 0 Å². The molecule has 0 radical (unpaired) electrons. The Bertz CT molecular complexity index is 115. The highest BCUT2D eigenvalue weighted by molar-refractivity contribution is 4.50. The van der Waals surface area contributed by atoms with E-state index >= 15 is 0 Å². The van der Waals surface area contributed by atoms with Crippen molar-refractivity contribution in [2.75, 3.05) is 6.54 Å². The molecule has 3 N–H and O–H groups in total. The van der Waals surface area contributed by atoms with Crippen molar-refractivity contribution in [1.29, 1.82) is 0 Å². The molecule has 1 unspecified atom stereocenters. The lowest BCUT2D eigenvalue weighted by Crippen LogP contribution is -1.98. The monoisotopic (exact) mass is 215 g/mol. The van der Waals surface area contributed by atoms with Gasteiger partial charge >= 0.3 is 0 Å². The van der Waals surface area contributed by atoms with Crippen LogP contribution in [0.2, 0.25) is 0 Å². The van der Waals surface area contributed by atoms with E-state index in [1.165, 1.54) is 57.8 Å². The van der Waals surface area contributed by atoms with Crippen molar-refractivity contribution in [3.05, 3.63) is 0 Å². The minimum absolute atomic E-state index is 0.110. The first-order valence-electron chi connectivity index (χ1n) is 6.65. The smallest absolute Gasteiger partial charge is 0.0512 e. The van der Waals surface area contributed by atoms with E-state index in [4.69, 9.17) is 10.8 Å². The second-order valence-electron chi connectivity index (χ2n) is 4.61. The van der Waals surface area contributed by atoms with Gasteiger partial charge in [0.25, 0.3) is 0 Å². The van der Waals surface area contributed by atoms with Gasteiger partial charge in [0.2, 0.25) is 0 Å². The molecular formula is C13H29NO. The fourth-order valence-corrected chi connectivity index (χ4v) is 1.82. The van der Waals surface area contributed by atoms with Crippen molar-refractivity contribution in [2.24, 2.45) is 5.73 Å². The Morgan fingerprint density at radius 3 is 1.60 bits per heavy atom. The Balaban J connectivity index is 2.87. The van der Waals surface area contributed by atoms with Gasteiger partial charge in [-0.15, -0.1) is 0 Å². The Kier molecular flexibility index (Phi) is 11.9. The zero-order valence-corrected chi connectivity index (χ0v) is 10.4. The lowest BCUT2D eigenvalue weighted by atomic mass is 10.1. The van der Waals surface area contributed by atoms with Crippen molar-refractivity contribution >= 4 is 0 Å². The molecule has 15 heavy (non-hydrogen) atoms. The van der Waals surface area contributed by atoms with E-state index in [-0.39, 0.29) is 6.10 Å². The molecular weight excluding hydrogens is 186 g/mol. The maximum absolute atomic E-state index is 9.07. The molecule has 0 rings (SSSR count). The fraction of sp³-hybridized carbons (Fsp3) is 1.00. The van der Waals surface area contributed by atoms with Crippen LogP contribution in [0.5, 0.6) is 0 Å². The summed E-state index contributed by atoms with van der Waals surface area (Å²) >= 11 is 0. The van der Waals surface area contributed by atoms with Gasteiger partial charge in [-0.2, -0.15) is 0 Å². The highest BCUT2D eigenvalue weighted by Gasteiger charge is 1.95. The predicted molar refractivity (Wildman–Crippen MR) is 66.9 cm³/mol. The Labute approximate surface area is 95.3 Å². The van der Waals surface area contributed by atoms with Crippen molar-refractivity contribution < 1.29 is 5.11 Å². The Morgan fingerprint density at radius 1 is 0.800 bits per heavy atom. The summed E-state index contributed by atoms with van der Waals surface area (Å²) in [6, 6.07) is 0. The molecule has 92 valence electrons. The molecule has 2 nitrogen and oxygen atoms in total. The summed E-state index contributed by atoms with van der Waals surface area (Å²) in [6.07, 6.45) is 12.6. The van der Waals surface area contributed by atoms with Gasteiger partial charge in [-0.25, -0.2) is 0 Å². The summed E-state index contributed by atoms with van der Waals surface area (Å²) in [5, 5.41) is 9.07. The summed E-state index contributed by atoms with van der Waals surface area (Å²) in [7, 11) is 0. The van der Waals surface area contributed by atoms with Crippen LogP contribution in [0.4, 0.5) is 0 Å². The first-order valence-corrected chi connectivity index (χ1v) is 6.65. The summed E-state index contributed by atoms with van der Waals surface area (Å²) in [5.74, 6) is 0. The molecule has 0 aliphatic rings. The first-order chi connectivity index (χ1) is 7.27. The van der Waals surface area contributed by atoms with Crippen LogP contribution in [-0.2, 0) is 0 Å². The van der Waals surface area contributed by atoms with Crippen LogP contribution in [0.1, 0.15) is 71.1 Å². The molecule has 1 atom stereocenters. The van der Waals surface area contributed by atoms with Crippen LogP contribution in [0.15, 0.2) is 0 Å². The molecule has 0 spiro atoms. The largest absolute Gasteiger partial charge is 0.393 e. The third-order valence-electron chi connectivity index (χ3n) is 2.83. The number of rotatable bonds is 11. The molecule has 0 saturated carbocycles. The normalized spacial score (nSPS) is 13.0. The van der Waals surface area contributed by atoms with E-state index in [1.54, 1.807) is 0 Å². The van der Waals surface area contributed by atoms with Gasteiger partial charge < -0.3 is 10.8 Å². The van der Waals surface area contributed by atoms with Crippen LogP contribution >= 0.6 is 0 Å². The van der Waals surface area contributed by atoms with Crippen LogP contribution in [0, 0.1) is 0 Å². The van der Waals surface area contributed by atoms with Crippen molar-refractivity contribution in [2.45, 2.75) is 77.2 Å². The zero-order chi connectivity index (χ0) is 11.4. The molecule has 0 amide bonds. The first kappa shape index (κ1) is 14.9. The third-order valence-corrected chi connectivity index (χ3v) is 2.83. The van der Waals surface area contributed by atoms with Crippen LogP contribution in [-0.4, -0.2) is 17.8 Å². The maximum atomic E-state index is 9.07. The topological polar surface area (TPSA) is 46.2 Å². The average Bonchev–Trinajstić information content (AvgIpc) is 2.20. The minimum Gasteiger partial charge on any atom is -0.393 e. The average molecular weight is 215 g/mol. The second kappa shape index (κ2) is 12.0. The van der Waals surface area contributed by atoms with E-state index < -0.39 is 0 Å². The number of hydrogen-bond donors (Lipinski definition) is 2. The Morgan fingerprint density at radius 2 is 1.20 bits per heavy atom. The lowest BCUT2D eigenvalue weighted by Gasteiger charge is -2.04. The molecule has 0 heterocycles.